The molecular formula is C21H28N4O3S. The van der Waals surface area contributed by atoms with E-state index in [2.05, 4.69) is 24.1 Å². The number of nitrogens with one attached hydrogen (secondary N) is 1. The summed E-state index contributed by atoms with van der Waals surface area (Å²) in [4.78, 5) is 18.4. The van der Waals surface area contributed by atoms with Crippen LogP contribution in [0, 0.1) is 0 Å². The van der Waals surface area contributed by atoms with Gasteiger partial charge in [0.1, 0.15) is 4.90 Å². The molecule has 2 heterocycles. The van der Waals surface area contributed by atoms with Gasteiger partial charge in [-0.15, -0.1) is 0 Å². The quantitative estimate of drug-likeness (QED) is 0.750. The third-order valence-electron chi connectivity index (χ3n) is 5.35. The van der Waals surface area contributed by atoms with Crippen LogP contribution in [0.15, 0.2) is 53.7 Å². The second kappa shape index (κ2) is 9.47. The van der Waals surface area contributed by atoms with Crippen LogP contribution in [0.5, 0.6) is 0 Å². The Labute approximate surface area is 172 Å². The van der Waals surface area contributed by atoms with Gasteiger partial charge in [0.25, 0.3) is 0 Å². The molecule has 1 unspecified atom stereocenters. The number of anilines is 1. The van der Waals surface area contributed by atoms with Crippen LogP contribution in [0.1, 0.15) is 31.7 Å². The SMILES string of the molecule is CCC(C)c1ccc(NC(=O)CN2CCN(S(=O)(=O)c3cccnc3)CC2)cc1. The molecule has 0 saturated carbocycles. The lowest BCUT2D eigenvalue weighted by molar-refractivity contribution is -0.117. The molecule has 156 valence electrons. The molecule has 1 aromatic carbocycles. The molecule has 0 bridgehead atoms. The second-order valence-corrected chi connectivity index (χ2v) is 9.29. The summed E-state index contributed by atoms with van der Waals surface area (Å²) in [6.45, 7) is 6.32. The molecule has 0 spiro atoms. The zero-order chi connectivity index (χ0) is 20.9. The van der Waals surface area contributed by atoms with Crippen LogP contribution >= 0.6 is 0 Å². The van der Waals surface area contributed by atoms with E-state index in [9.17, 15) is 13.2 Å². The standard InChI is InChI=1S/C21H28N4O3S/c1-3-17(2)18-6-8-19(9-7-18)23-21(26)16-24-11-13-25(14-12-24)29(27,28)20-5-4-10-22-15-20/h4-10,15,17H,3,11-14,16H2,1-2H3,(H,23,26). The van der Waals surface area contributed by atoms with Crippen molar-refractivity contribution in [3.63, 3.8) is 0 Å². The van der Waals surface area contributed by atoms with Gasteiger partial charge in [0, 0.05) is 44.3 Å². The summed E-state index contributed by atoms with van der Waals surface area (Å²) in [5, 5.41) is 2.92. The molecular weight excluding hydrogens is 388 g/mol. The maximum Gasteiger partial charge on any atom is 0.244 e. The lowest BCUT2D eigenvalue weighted by Crippen LogP contribution is -2.50. The minimum atomic E-state index is -3.53. The number of amides is 1. The van der Waals surface area contributed by atoms with Gasteiger partial charge < -0.3 is 5.32 Å². The van der Waals surface area contributed by atoms with E-state index in [4.69, 9.17) is 0 Å². The minimum Gasteiger partial charge on any atom is -0.325 e. The molecule has 1 N–H and O–H groups in total. The van der Waals surface area contributed by atoms with Crippen molar-refractivity contribution in [1.82, 2.24) is 14.2 Å². The van der Waals surface area contributed by atoms with Crippen molar-refractivity contribution in [3.05, 3.63) is 54.4 Å². The normalized spacial score (nSPS) is 17.0. The van der Waals surface area contributed by atoms with Gasteiger partial charge in [0.2, 0.25) is 15.9 Å². The first-order valence-corrected chi connectivity index (χ1v) is 11.4. The molecule has 1 aliphatic rings. The molecule has 8 heteroatoms. The Morgan fingerprint density at radius 3 is 2.41 bits per heavy atom. The van der Waals surface area contributed by atoms with E-state index in [0.717, 1.165) is 12.1 Å². The Morgan fingerprint density at radius 1 is 1.14 bits per heavy atom. The molecule has 7 nitrogen and oxygen atoms in total. The Bertz CT molecular complexity index is 909. The number of nitrogens with zero attached hydrogens (tertiary/aromatic N) is 3. The highest BCUT2D eigenvalue weighted by Gasteiger charge is 2.29. The number of hydrogen-bond donors (Lipinski definition) is 1. The summed E-state index contributed by atoms with van der Waals surface area (Å²) in [6, 6.07) is 11.1. The lowest BCUT2D eigenvalue weighted by atomic mass is 9.99. The van der Waals surface area contributed by atoms with Crippen molar-refractivity contribution in [2.45, 2.75) is 31.1 Å². The average Bonchev–Trinajstić information content (AvgIpc) is 2.74. The monoisotopic (exact) mass is 416 g/mol. The first kappa shape index (κ1) is 21.4. The van der Waals surface area contributed by atoms with E-state index in [0.29, 0.717) is 32.1 Å². The first-order valence-electron chi connectivity index (χ1n) is 9.92. The Kier molecular flexibility index (Phi) is 7.00. The smallest absolute Gasteiger partial charge is 0.244 e. The fourth-order valence-electron chi connectivity index (χ4n) is 3.31. The first-order chi connectivity index (χ1) is 13.9. The largest absolute Gasteiger partial charge is 0.325 e. The topological polar surface area (TPSA) is 82.6 Å². The van der Waals surface area contributed by atoms with Crippen molar-refractivity contribution in [1.29, 1.82) is 0 Å². The summed E-state index contributed by atoms with van der Waals surface area (Å²) in [6.07, 6.45) is 3.99. The fraction of sp³-hybridized carbons (Fsp3) is 0.429. The molecule has 2 aromatic rings. The molecule has 1 aromatic heterocycles. The van der Waals surface area contributed by atoms with Gasteiger partial charge in [0.15, 0.2) is 0 Å². The van der Waals surface area contributed by atoms with E-state index >= 15 is 0 Å². The highest BCUT2D eigenvalue weighted by molar-refractivity contribution is 7.89. The summed E-state index contributed by atoms with van der Waals surface area (Å²) >= 11 is 0. The van der Waals surface area contributed by atoms with Crippen molar-refractivity contribution in [2.75, 3.05) is 38.0 Å². The van der Waals surface area contributed by atoms with Crippen molar-refractivity contribution >= 4 is 21.6 Å². The van der Waals surface area contributed by atoms with Crippen LogP contribution in [0.2, 0.25) is 0 Å². The molecule has 29 heavy (non-hydrogen) atoms. The van der Waals surface area contributed by atoms with E-state index < -0.39 is 10.0 Å². The minimum absolute atomic E-state index is 0.0927. The zero-order valence-electron chi connectivity index (χ0n) is 16.9. The number of sulfonamides is 1. The van der Waals surface area contributed by atoms with E-state index in [-0.39, 0.29) is 17.3 Å². The maximum atomic E-state index is 12.6. The molecule has 1 amide bonds. The summed E-state index contributed by atoms with van der Waals surface area (Å²) in [5.74, 6) is 0.406. The maximum absolute atomic E-state index is 12.6. The Balaban J connectivity index is 1.50. The average molecular weight is 417 g/mol. The van der Waals surface area contributed by atoms with Crippen molar-refractivity contribution in [3.8, 4) is 0 Å². The fourth-order valence-corrected chi connectivity index (χ4v) is 4.70. The van der Waals surface area contributed by atoms with Crippen molar-refractivity contribution < 1.29 is 13.2 Å². The number of piperazine rings is 1. The summed E-state index contributed by atoms with van der Waals surface area (Å²) in [7, 11) is -3.53. The lowest BCUT2D eigenvalue weighted by Gasteiger charge is -2.33. The second-order valence-electron chi connectivity index (χ2n) is 7.35. The Morgan fingerprint density at radius 2 is 1.83 bits per heavy atom. The molecule has 1 saturated heterocycles. The van der Waals surface area contributed by atoms with Crippen LogP contribution in [0.3, 0.4) is 0 Å². The van der Waals surface area contributed by atoms with Crippen LogP contribution in [0.25, 0.3) is 0 Å². The molecule has 3 rings (SSSR count). The number of carbonyl (C=O) groups is 1. The number of pyridine rings is 1. The van der Waals surface area contributed by atoms with E-state index in [1.165, 1.54) is 16.1 Å². The summed E-state index contributed by atoms with van der Waals surface area (Å²) in [5.41, 5.74) is 2.04. The van der Waals surface area contributed by atoms with Crippen LogP contribution < -0.4 is 5.32 Å². The van der Waals surface area contributed by atoms with E-state index in [1.54, 1.807) is 18.3 Å². The highest BCUT2D eigenvalue weighted by atomic mass is 32.2. The molecule has 1 fully saturated rings. The summed E-state index contributed by atoms with van der Waals surface area (Å²) < 4.78 is 26.7. The zero-order valence-corrected chi connectivity index (χ0v) is 17.7. The van der Waals surface area contributed by atoms with Gasteiger partial charge in [-0.05, 0) is 42.2 Å². The van der Waals surface area contributed by atoms with Crippen molar-refractivity contribution in [2.24, 2.45) is 0 Å². The predicted molar refractivity (Wildman–Crippen MR) is 113 cm³/mol. The van der Waals surface area contributed by atoms with Crippen LogP contribution in [0.4, 0.5) is 5.69 Å². The van der Waals surface area contributed by atoms with Gasteiger partial charge in [-0.1, -0.05) is 26.0 Å². The number of aromatic nitrogens is 1. The van der Waals surface area contributed by atoms with E-state index in [1.807, 2.05) is 29.2 Å². The third-order valence-corrected chi connectivity index (χ3v) is 7.23. The highest BCUT2D eigenvalue weighted by Crippen LogP contribution is 2.20. The van der Waals surface area contributed by atoms with Gasteiger partial charge in [0.05, 0.1) is 6.54 Å². The van der Waals surface area contributed by atoms with Gasteiger partial charge in [-0.3, -0.25) is 14.7 Å². The number of rotatable bonds is 7. The van der Waals surface area contributed by atoms with Crippen LogP contribution in [-0.2, 0) is 14.8 Å². The number of carbonyl (C=O) groups excluding carboxylic acids is 1. The molecule has 1 aliphatic heterocycles. The van der Waals surface area contributed by atoms with Gasteiger partial charge in [-0.25, -0.2) is 8.42 Å². The Hall–Kier alpha value is -2.29. The molecule has 0 aliphatic carbocycles. The predicted octanol–water partition coefficient (Wildman–Crippen LogP) is 2.54. The third kappa shape index (κ3) is 5.41. The number of benzene rings is 1. The molecule has 0 radical (unpaired) electrons. The van der Waals surface area contributed by atoms with Gasteiger partial charge >= 0.3 is 0 Å². The van der Waals surface area contributed by atoms with Crippen LogP contribution in [-0.4, -0.2) is 61.2 Å². The number of hydrogen-bond acceptors (Lipinski definition) is 5. The molecule has 1 atom stereocenters. The van der Waals surface area contributed by atoms with Gasteiger partial charge in [-0.2, -0.15) is 4.31 Å².